The number of aryl methyl sites for hydroxylation is 2. The Bertz CT molecular complexity index is 1240. The van der Waals surface area contributed by atoms with Crippen molar-refractivity contribution in [3.63, 3.8) is 0 Å². The molecule has 0 atom stereocenters. The zero-order valence-electron chi connectivity index (χ0n) is 18.0. The number of hydrazone groups is 1. The average Bonchev–Trinajstić information content (AvgIpc) is 2.77. The first kappa shape index (κ1) is 23.7. The first-order chi connectivity index (χ1) is 15.2. The summed E-state index contributed by atoms with van der Waals surface area (Å²) in [6.07, 6.45) is 0. The van der Waals surface area contributed by atoms with Crippen molar-refractivity contribution in [3.05, 3.63) is 94.0 Å². The Hall–Kier alpha value is -2.97. The number of sulfonamides is 1. The van der Waals surface area contributed by atoms with Crippen molar-refractivity contribution < 1.29 is 13.2 Å². The van der Waals surface area contributed by atoms with Gasteiger partial charge in [-0.05, 0) is 62.2 Å². The van der Waals surface area contributed by atoms with E-state index in [-0.39, 0.29) is 4.90 Å². The molecule has 3 aromatic carbocycles. The highest BCUT2D eigenvalue weighted by Gasteiger charge is 2.28. The first-order valence-electron chi connectivity index (χ1n) is 9.92. The summed E-state index contributed by atoms with van der Waals surface area (Å²) < 4.78 is 28.9. The zero-order valence-corrected chi connectivity index (χ0v) is 20.4. The minimum Gasteiger partial charge on any atom is -0.271 e. The second kappa shape index (κ2) is 10.1. The maximum atomic E-state index is 13.4. The fraction of sp³-hybridized carbons (Fsp3) is 0.167. The molecule has 0 aliphatic rings. The molecule has 0 aliphatic heterocycles. The third-order valence-electron chi connectivity index (χ3n) is 4.89. The summed E-state index contributed by atoms with van der Waals surface area (Å²) in [6, 6.07) is 21.1. The summed E-state index contributed by atoms with van der Waals surface area (Å²) in [6.45, 7) is 5.05. The number of nitrogens with zero attached hydrogens (tertiary/aromatic N) is 2. The van der Waals surface area contributed by atoms with Crippen molar-refractivity contribution >= 4 is 43.3 Å². The molecule has 0 aromatic heterocycles. The van der Waals surface area contributed by atoms with Crippen LogP contribution in [0.4, 0.5) is 5.69 Å². The largest absolute Gasteiger partial charge is 0.271 e. The first-order valence-corrected chi connectivity index (χ1v) is 12.2. The van der Waals surface area contributed by atoms with Gasteiger partial charge in [0.05, 0.1) is 16.3 Å². The molecule has 0 unspecified atom stereocenters. The Balaban J connectivity index is 1.88. The van der Waals surface area contributed by atoms with E-state index in [0.29, 0.717) is 11.4 Å². The highest BCUT2D eigenvalue weighted by molar-refractivity contribution is 9.10. The maximum absolute atomic E-state index is 13.4. The van der Waals surface area contributed by atoms with Crippen LogP contribution in [0.15, 0.2) is 87.3 Å². The molecule has 0 saturated heterocycles. The molecule has 0 aliphatic carbocycles. The standard InChI is InChI=1S/C24H24BrN3O3S/c1-17-8-14-22(15-9-17)32(30,31)28(23-7-5-4-6-18(23)2)16-24(29)27-26-19(3)20-10-12-21(25)13-11-20/h4-15H,16H2,1-3H3,(H,27,29)/b26-19-. The number of amides is 1. The molecule has 0 saturated carbocycles. The molecule has 3 rings (SSSR count). The van der Waals surface area contributed by atoms with E-state index < -0.39 is 22.5 Å². The summed E-state index contributed by atoms with van der Waals surface area (Å²) >= 11 is 3.38. The molecule has 1 amide bonds. The molecular weight excluding hydrogens is 490 g/mol. The average molecular weight is 514 g/mol. The van der Waals surface area contributed by atoms with Gasteiger partial charge in [-0.15, -0.1) is 0 Å². The molecular formula is C24H24BrN3O3S. The Labute approximate surface area is 197 Å². The number of carbonyl (C=O) groups excluding carboxylic acids is 1. The summed E-state index contributed by atoms with van der Waals surface area (Å²) in [5, 5.41) is 4.14. The lowest BCUT2D eigenvalue weighted by atomic mass is 10.1. The van der Waals surface area contributed by atoms with E-state index in [1.807, 2.05) is 37.3 Å². The van der Waals surface area contributed by atoms with Gasteiger partial charge in [0.1, 0.15) is 6.54 Å². The highest BCUT2D eigenvalue weighted by atomic mass is 79.9. The molecule has 166 valence electrons. The second-order valence-corrected chi connectivity index (χ2v) is 10.1. The van der Waals surface area contributed by atoms with Crippen LogP contribution >= 0.6 is 15.9 Å². The van der Waals surface area contributed by atoms with Crippen LogP contribution in [-0.4, -0.2) is 26.6 Å². The van der Waals surface area contributed by atoms with Crippen molar-refractivity contribution in [2.75, 3.05) is 10.8 Å². The number of hydrogen-bond acceptors (Lipinski definition) is 4. The SMILES string of the molecule is C/C(=N/NC(=O)CN(c1ccccc1C)S(=O)(=O)c1ccc(C)cc1)c1ccc(Br)cc1. The van der Waals surface area contributed by atoms with Crippen LogP contribution in [0.1, 0.15) is 23.6 Å². The topological polar surface area (TPSA) is 78.8 Å². The van der Waals surface area contributed by atoms with Gasteiger partial charge in [-0.3, -0.25) is 9.10 Å². The monoisotopic (exact) mass is 513 g/mol. The summed E-state index contributed by atoms with van der Waals surface area (Å²) in [5.74, 6) is -0.541. The maximum Gasteiger partial charge on any atom is 0.264 e. The number of halogens is 1. The normalized spacial score (nSPS) is 11.8. The highest BCUT2D eigenvalue weighted by Crippen LogP contribution is 2.26. The van der Waals surface area contributed by atoms with Gasteiger partial charge in [-0.25, -0.2) is 13.8 Å². The van der Waals surface area contributed by atoms with E-state index in [4.69, 9.17) is 0 Å². The van der Waals surface area contributed by atoms with E-state index in [1.54, 1.807) is 56.3 Å². The van der Waals surface area contributed by atoms with Crippen LogP contribution in [0.2, 0.25) is 0 Å². The van der Waals surface area contributed by atoms with E-state index in [0.717, 1.165) is 25.5 Å². The van der Waals surface area contributed by atoms with Gasteiger partial charge in [0, 0.05) is 4.47 Å². The van der Waals surface area contributed by atoms with E-state index in [9.17, 15) is 13.2 Å². The van der Waals surface area contributed by atoms with Gasteiger partial charge in [0.2, 0.25) is 0 Å². The summed E-state index contributed by atoms with van der Waals surface area (Å²) in [4.78, 5) is 12.8. The quantitative estimate of drug-likeness (QED) is 0.364. The molecule has 0 bridgehead atoms. The predicted octanol–water partition coefficient (Wildman–Crippen LogP) is 4.80. The Morgan fingerprint density at radius 3 is 2.22 bits per heavy atom. The number of hydrogen-bond donors (Lipinski definition) is 1. The Morgan fingerprint density at radius 2 is 1.59 bits per heavy atom. The minimum atomic E-state index is -3.97. The van der Waals surface area contributed by atoms with Crippen LogP contribution in [0, 0.1) is 13.8 Å². The van der Waals surface area contributed by atoms with Crippen molar-refractivity contribution in [1.82, 2.24) is 5.43 Å². The van der Waals surface area contributed by atoms with Crippen LogP contribution < -0.4 is 9.73 Å². The van der Waals surface area contributed by atoms with Crippen LogP contribution in [0.5, 0.6) is 0 Å². The molecule has 1 N–H and O–H groups in total. The lowest BCUT2D eigenvalue weighted by molar-refractivity contribution is -0.119. The van der Waals surface area contributed by atoms with Crippen LogP contribution in [0.25, 0.3) is 0 Å². The van der Waals surface area contributed by atoms with E-state index in [1.165, 1.54) is 0 Å². The fourth-order valence-electron chi connectivity index (χ4n) is 3.05. The third-order valence-corrected chi connectivity index (χ3v) is 7.19. The van der Waals surface area contributed by atoms with Crippen LogP contribution in [-0.2, 0) is 14.8 Å². The van der Waals surface area contributed by atoms with Crippen LogP contribution in [0.3, 0.4) is 0 Å². The molecule has 6 nitrogen and oxygen atoms in total. The molecule has 0 spiro atoms. The summed E-state index contributed by atoms with van der Waals surface area (Å²) in [7, 11) is -3.97. The number of carbonyl (C=O) groups is 1. The Morgan fingerprint density at radius 1 is 0.969 bits per heavy atom. The van der Waals surface area contributed by atoms with Gasteiger partial charge >= 0.3 is 0 Å². The third kappa shape index (κ3) is 5.63. The van der Waals surface area contributed by atoms with E-state index in [2.05, 4.69) is 26.5 Å². The van der Waals surface area contributed by atoms with Gasteiger partial charge in [0.15, 0.2) is 0 Å². The number of benzene rings is 3. The van der Waals surface area contributed by atoms with Gasteiger partial charge in [-0.2, -0.15) is 5.10 Å². The predicted molar refractivity (Wildman–Crippen MR) is 131 cm³/mol. The summed E-state index contributed by atoms with van der Waals surface area (Å²) in [5.41, 5.74) is 6.06. The lowest BCUT2D eigenvalue weighted by Crippen LogP contribution is -2.40. The van der Waals surface area contributed by atoms with Gasteiger partial charge in [0.25, 0.3) is 15.9 Å². The lowest BCUT2D eigenvalue weighted by Gasteiger charge is -2.25. The molecule has 0 heterocycles. The molecule has 8 heteroatoms. The van der Waals surface area contributed by atoms with Crippen molar-refractivity contribution in [2.45, 2.75) is 25.7 Å². The number of nitrogens with one attached hydrogen (secondary N) is 1. The number of para-hydroxylation sites is 1. The fourth-order valence-corrected chi connectivity index (χ4v) is 4.80. The number of anilines is 1. The van der Waals surface area contributed by atoms with Crippen molar-refractivity contribution in [3.8, 4) is 0 Å². The molecule has 0 fully saturated rings. The van der Waals surface area contributed by atoms with Crippen molar-refractivity contribution in [2.24, 2.45) is 5.10 Å². The van der Waals surface area contributed by atoms with E-state index >= 15 is 0 Å². The molecule has 32 heavy (non-hydrogen) atoms. The zero-order chi connectivity index (χ0) is 23.3. The smallest absolute Gasteiger partial charge is 0.264 e. The van der Waals surface area contributed by atoms with Crippen molar-refractivity contribution in [1.29, 1.82) is 0 Å². The molecule has 3 aromatic rings. The Kier molecular flexibility index (Phi) is 7.48. The van der Waals surface area contributed by atoms with Gasteiger partial charge in [-0.1, -0.05) is 64.0 Å². The molecule has 0 radical (unpaired) electrons. The van der Waals surface area contributed by atoms with Gasteiger partial charge < -0.3 is 0 Å². The second-order valence-electron chi connectivity index (χ2n) is 7.35. The number of rotatable bonds is 7. The minimum absolute atomic E-state index is 0.119.